The maximum atomic E-state index is 11.8. The van der Waals surface area contributed by atoms with Crippen molar-refractivity contribution in [3.8, 4) is 23.0 Å². The number of hydrogen-bond donors (Lipinski definition) is 1. The third-order valence-electron chi connectivity index (χ3n) is 6.26. The van der Waals surface area contributed by atoms with Gasteiger partial charge in [0.05, 0.1) is 19.3 Å². The number of aliphatic hydroxyl groups is 1. The second kappa shape index (κ2) is 5.99. The monoisotopic (exact) mass is 400 g/mol. The van der Waals surface area contributed by atoms with Crippen molar-refractivity contribution in [1.29, 1.82) is 0 Å². The number of fused-ring (bicyclic) bond motifs is 3. The summed E-state index contributed by atoms with van der Waals surface area (Å²) in [6.07, 6.45) is -0.361. The zero-order valence-corrected chi connectivity index (χ0v) is 15.8. The van der Waals surface area contributed by atoms with Crippen LogP contribution < -0.4 is 18.9 Å². The number of ether oxygens (including phenoxy) is 7. The Hall–Kier alpha value is -2.52. The molecule has 4 heterocycles. The van der Waals surface area contributed by atoms with E-state index in [2.05, 4.69) is 0 Å². The average molecular weight is 400 g/mol. The Kier molecular flexibility index (Phi) is 3.58. The minimum atomic E-state index is -1.38. The van der Waals surface area contributed by atoms with Crippen LogP contribution in [0.15, 0.2) is 36.4 Å². The van der Waals surface area contributed by atoms with Crippen LogP contribution in [0.4, 0.5) is 0 Å². The zero-order valence-electron chi connectivity index (χ0n) is 15.8. The van der Waals surface area contributed by atoms with Gasteiger partial charge in [0.25, 0.3) is 0 Å². The molecule has 1 unspecified atom stereocenters. The molecular weight excluding hydrogens is 380 g/mol. The van der Waals surface area contributed by atoms with E-state index in [4.69, 9.17) is 33.2 Å². The van der Waals surface area contributed by atoms with E-state index in [1.807, 2.05) is 24.3 Å². The van der Waals surface area contributed by atoms with Crippen molar-refractivity contribution >= 4 is 0 Å². The van der Waals surface area contributed by atoms with Crippen LogP contribution in [0.3, 0.4) is 0 Å². The Morgan fingerprint density at radius 3 is 2.38 bits per heavy atom. The lowest BCUT2D eigenvalue weighted by Crippen LogP contribution is -2.53. The molecule has 0 amide bonds. The van der Waals surface area contributed by atoms with Crippen LogP contribution in [0.2, 0.25) is 0 Å². The summed E-state index contributed by atoms with van der Waals surface area (Å²) in [6.45, 7) is 0.719. The SMILES string of the molecule is CO[C@]1(c2ccc3c(c2)OCO3)OC[C@@H]2C(c3ccc4c(c3)OCO4)OC[C@]21O. The Balaban J connectivity index is 1.37. The van der Waals surface area contributed by atoms with Crippen molar-refractivity contribution in [2.24, 2.45) is 5.92 Å². The highest BCUT2D eigenvalue weighted by Crippen LogP contribution is 2.57. The van der Waals surface area contributed by atoms with Crippen LogP contribution in [0.5, 0.6) is 23.0 Å². The van der Waals surface area contributed by atoms with E-state index >= 15 is 0 Å². The van der Waals surface area contributed by atoms with Gasteiger partial charge in [-0.1, -0.05) is 6.07 Å². The number of hydrogen-bond acceptors (Lipinski definition) is 8. The number of methoxy groups -OCH3 is 1. The van der Waals surface area contributed by atoms with Gasteiger partial charge in [-0.2, -0.15) is 0 Å². The van der Waals surface area contributed by atoms with Gasteiger partial charge in [-0.15, -0.1) is 0 Å². The quantitative estimate of drug-likeness (QED) is 0.839. The highest BCUT2D eigenvalue weighted by atomic mass is 16.7. The molecule has 2 fully saturated rings. The fourth-order valence-electron chi connectivity index (χ4n) is 4.79. The van der Waals surface area contributed by atoms with Crippen LogP contribution in [0.25, 0.3) is 0 Å². The van der Waals surface area contributed by atoms with Crippen LogP contribution in [-0.4, -0.2) is 44.6 Å². The molecule has 4 aliphatic rings. The molecule has 0 aromatic heterocycles. The zero-order chi connectivity index (χ0) is 19.6. The molecule has 2 aromatic rings. The third kappa shape index (κ3) is 2.22. The molecule has 8 heteroatoms. The van der Waals surface area contributed by atoms with Gasteiger partial charge < -0.3 is 38.3 Å². The Morgan fingerprint density at radius 2 is 1.62 bits per heavy atom. The molecular formula is C21H20O8. The smallest absolute Gasteiger partial charge is 0.231 e. The molecule has 2 saturated heterocycles. The fourth-order valence-corrected chi connectivity index (χ4v) is 4.79. The molecule has 0 spiro atoms. The molecule has 1 N–H and O–H groups in total. The third-order valence-corrected chi connectivity index (χ3v) is 6.26. The lowest BCUT2D eigenvalue weighted by Gasteiger charge is -2.38. The van der Waals surface area contributed by atoms with E-state index in [1.165, 1.54) is 7.11 Å². The summed E-state index contributed by atoms with van der Waals surface area (Å²) < 4.78 is 39.8. The summed E-state index contributed by atoms with van der Waals surface area (Å²) >= 11 is 0. The molecule has 4 aliphatic heterocycles. The first-order chi connectivity index (χ1) is 14.1. The van der Waals surface area contributed by atoms with Gasteiger partial charge >= 0.3 is 0 Å². The molecule has 2 aromatic carbocycles. The summed E-state index contributed by atoms with van der Waals surface area (Å²) in [5.74, 6) is 0.936. The van der Waals surface area contributed by atoms with E-state index in [-0.39, 0.29) is 38.8 Å². The van der Waals surface area contributed by atoms with E-state index in [1.54, 1.807) is 12.1 Å². The van der Waals surface area contributed by atoms with Gasteiger partial charge in [0, 0.05) is 18.6 Å². The van der Waals surface area contributed by atoms with Gasteiger partial charge in [0.1, 0.15) is 0 Å². The van der Waals surface area contributed by atoms with E-state index < -0.39 is 11.4 Å². The van der Waals surface area contributed by atoms with Crippen molar-refractivity contribution in [3.63, 3.8) is 0 Å². The van der Waals surface area contributed by atoms with Crippen LogP contribution >= 0.6 is 0 Å². The Bertz CT molecular complexity index is 977. The lowest BCUT2D eigenvalue weighted by molar-refractivity contribution is -0.283. The fraction of sp³-hybridized carbons (Fsp3) is 0.429. The minimum Gasteiger partial charge on any atom is -0.454 e. The van der Waals surface area contributed by atoms with E-state index in [0.29, 0.717) is 28.6 Å². The maximum absolute atomic E-state index is 11.8. The molecule has 0 aliphatic carbocycles. The summed E-state index contributed by atoms with van der Waals surface area (Å²) in [5.41, 5.74) is 0.178. The Labute approximate surface area is 166 Å². The molecule has 0 radical (unpaired) electrons. The molecule has 8 nitrogen and oxygen atoms in total. The van der Waals surface area contributed by atoms with E-state index in [0.717, 1.165) is 5.56 Å². The number of benzene rings is 2. The topological polar surface area (TPSA) is 84.8 Å². The average Bonchev–Trinajstić information content (AvgIpc) is 3.49. The van der Waals surface area contributed by atoms with Crippen LogP contribution in [0, 0.1) is 5.92 Å². The first-order valence-electron chi connectivity index (χ1n) is 9.47. The standard InChI is InChI=1S/C21H20O8/c1-23-21(13-3-5-16-18(7-13)28-11-26-16)20(22)9-24-19(14(20)8-29-21)12-2-4-15-17(6-12)27-10-25-15/h2-7,14,19,22H,8-11H2,1H3/t14-,19?,20+,21-/m1/s1. The lowest BCUT2D eigenvalue weighted by atomic mass is 9.78. The molecule has 0 saturated carbocycles. The molecule has 0 bridgehead atoms. The predicted octanol–water partition coefficient (Wildman–Crippen LogP) is 2.09. The van der Waals surface area contributed by atoms with Gasteiger partial charge in [0.2, 0.25) is 19.4 Å². The van der Waals surface area contributed by atoms with Crippen molar-refractivity contribution < 1.29 is 38.3 Å². The minimum absolute atomic E-state index is 0.0685. The van der Waals surface area contributed by atoms with Gasteiger partial charge in [-0.25, -0.2) is 0 Å². The molecule has 6 rings (SSSR count). The van der Waals surface area contributed by atoms with Crippen LogP contribution in [-0.2, 0) is 20.0 Å². The van der Waals surface area contributed by atoms with Gasteiger partial charge in [-0.3, -0.25) is 0 Å². The first-order valence-corrected chi connectivity index (χ1v) is 9.47. The normalized spacial score (nSPS) is 33.9. The predicted molar refractivity (Wildman–Crippen MR) is 96.9 cm³/mol. The van der Waals surface area contributed by atoms with Crippen molar-refractivity contribution in [1.82, 2.24) is 0 Å². The summed E-state index contributed by atoms with van der Waals surface area (Å²) in [6, 6.07) is 11.1. The molecule has 152 valence electrons. The number of rotatable bonds is 3. The van der Waals surface area contributed by atoms with Crippen molar-refractivity contribution in [2.45, 2.75) is 17.5 Å². The maximum Gasteiger partial charge on any atom is 0.231 e. The summed E-state index contributed by atoms with van der Waals surface area (Å²) in [4.78, 5) is 0. The summed E-state index contributed by atoms with van der Waals surface area (Å²) in [7, 11) is 1.53. The molecule has 4 atom stereocenters. The van der Waals surface area contributed by atoms with Crippen LogP contribution in [0.1, 0.15) is 17.2 Å². The van der Waals surface area contributed by atoms with Gasteiger partial charge in [-0.05, 0) is 35.9 Å². The highest BCUT2D eigenvalue weighted by molar-refractivity contribution is 5.48. The summed E-state index contributed by atoms with van der Waals surface area (Å²) in [5, 5.41) is 11.8. The van der Waals surface area contributed by atoms with E-state index in [9.17, 15) is 5.11 Å². The first kappa shape index (κ1) is 17.3. The second-order valence-electron chi connectivity index (χ2n) is 7.57. The second-order valence-corrected chi connectivity index (χ2v) is 7.57. The highest BCUT2D eigenvalue weighted by Gasteiger charge is 2.68. The largest absolute Gasteiger partial charge is 0.454 e. The van der Waals surface area contributed by atoms with Gasteiger partial charge in [0.15, 0.2) is 28.6 Å². The van der Waals surface area contributed by atoms with Crippen molar-refractivity contribution in [2.75, 3.05) is 33.9 Å². The Morgan fingerprint density at radius 1 is 0.931 bits per heavy atom. The molecule has 29 heavy (non-hydrogen) atoms. The van der Waals surface area contributed by atoms with Crippen molar-refractivity contribution in [3.05, 3.63) is 47.5 Å².